The fourth-order valence-electron chi connectivity index (χ4n) is 1.51. The molecule has 1 aromatic carbocycles. The lowest BCUT2D eigenvalue weighted by Crippen LogP contribution is -2.32. The van der Waals surface area contributed by atoms with Crippen LogP contribution in [0.4, 0.5) is 0 Å². The SMILES string of the molecule is CC(O)CN(C)CC(=O)c1cccc(Cl)c1. The second kappa shape index (κ2) is 5.99. The fourth-order valence-corrected chi connectivity index (χ4v) is 1.70. The molecule has 3 nitrogen and oxygen atoms in total. The third kappa shape index (κ3) is 4.31. The molecule has 0 bridgehead atoms. The van der Waals surface area contributed by atoms with Gasteiger partial charge in [-0.2, -0.15) is 0 Å². The molecule has 0 aliphatic carbocycles. The molecular formula is C12H16ClNO2. The minimum atomic E-state index is -0.433. The third-order valence-electron chi connectivity index (χ3n) is 2.14. The number of likely N-dealkylation sites (N-methyl/N-ethyl adjacent to an activating group) is 1. The quantitative estimate of drug-likeness (QED) is 0.800. The van der Waals surface area contributed by atoms with E-state index in [0.717, 1.165) is 0 Å². The number of hydrogen-bond acceptors (Lipinski definition) is 3. The molecule has 0 heterocycles. The van der Waals surface area contributed by atoms with E-state index in [2.05, 4.69) is 0 Å². The van der Waals surface area contributed by atoms with Crippen LogP contribution in [0, 0.1) is 0 Å². The van der Waals surface area contributed by atoms with Crippen molar-refractivity contribution in [1.29, 1.82) is 0 Å². The first-order chi connectivity index (χ1) is 7.49. The van der Waals surface area contributed by atoms with Crippen LogP contribution in [0.25, 0.3) is 0 Å². The molecule has 0 aromatic heterocycles. The zero-order chi connectivity index (χ0) is 12.1. The summed E-state index contributed by atoms with van der Waals surface area (Å²) in [6.07, 6.45) is -0.433. The fraction of sp³-hybridized carbons (Fsp3) is 0.417. The molecule has 1 atom stereocenters. The Bertz CT molecular complexity index is 366. The van der Waals surface area contributed by atoms with Gasteiger partial charge in [-0.15, -0.1) is 0 Å². The lowest BCUT2D eigenvalue weighted by Gasteiger charge is -2.17. The predicted octanol–water partition coefficient (Wildman–Crippen LogP) is 1.84. The van der Waals surface area contributed by atoms with E-state index >= 15 is 0 Å². The highest BCUT2D eigenvalue weighted by Gasteiger charge is 2.10. The highest BCUT2D eigenvalue weighted by Crippen LogP contribution is 2.11. The van der Waals surface area contributed by atoms with Gasteiger partial charge >= 0.3 is 0 Å². The second-order valence-corrected chi connectivity index (χ2v) is 4.42. The summed E-state index contributed by atoms with van der Waals surface area (Å²) in [5, 5.41) is 9.74. The van der Waals surface area contributed by atoms with Crippen LogP contribution in [0.3, 0.4) is 0 Å². The average Bonchev–Trinajstić information content (AvgIpc) is 2.16. The maximum Gasteiger partial charge on any atom is 0.176 e. The van der Waals surface area contributed by atoms with Crippen LogP contribution in [-0.4, -0.2) is 42.0 Å². The van der Waals surface area contributed by atoms with Crippen molar-refractivity contribution in [2.24, 2.45) is 0 Å². The van der Waals surface area contributed by atoms with Crippen LogP contribution < -0.4 is 0 Å². The van der Waals surface area contributed by atoms with Gasteiger partial charge in [0.2, 0.25) is 0 Å². The second-order valence-electron chi connectivity index (χ2n) is 3.98. The van der Waals surface area contributed by atoms with E-state index in [4.69, 9.17) is 11.6 Å². The van der Waals surface area contributed by atoms with Crippen molar-refractivity contribution in [3.63, 3.8) is 0 Å². The van der Waals surface area contributed by atoms with Crippen molar-refractivity contribution < 1.29 is 9.90 Å². The molecule has 0 radical (unpaired) electrons. The van der Waals surface area contributed by atoms with Crippen LogP contribution in [0.5, 0.6) is 0 Å². The van der Waals surface area contributed by atoms with E-state index in [-0.39, 0.29) is 12.3 Å². The normalized spacial score (nSPS) is 12.8. The smallest absolute Gasteiger partial charge is 0.176 e. The average molecular weight is 242 g/mol. The zero-order valence-corrected chi connectivity index (χ0v) is 10.2. The largest absolute Gasteiger partial charge is 0.392 e. The van der Waals surface area contributed by atoms with E-state index in [1.807, 2.05) is 0 Å². The summed E-state index contributed by atoms with van der Waals surface area (Å²) >= 11 is 5.80. The number of carbonyl (C=O) groups excluding carboxylic acids is 1. The summed E-state index contributed by atoms with van der Waals surface area (Å²) in [5.74, 6) is 0.00523. The molecule has 4 heteroatoms. The minimum absolute atomic E-state index is 0.00523. The molecule has 16 heavy (non-hydrogen) atoms. The Hall–Kier alpha value is -0.900. The van der Waals surface area contributed by atoms with Gasteiger partial charge in [0.05, 0.1) is 12.6 Å². The topological polar surface area (TPSA) is 40.5 Å². The Balaban J connectivity index is 2.59. The summed E-state index contributed by atoms with van der Waals surface area (Å²) in [6, 6.07) is 6.88. The molecule has 0 saturated carbocycles. The molecule has 0 saturated heterocycles. The lowest BCUT2D eigenvalue weighted by atomic mass is 10.1. The predicted molar refractivity (Wildman–Crippen MR) is 65.0 cm³/mol. The standard InChI is InChI=1S/C12H16ClNO2/c1-9(15)7-14(2)8-12(16)10-4-3-5-11(13)6-10/h3-6,9,15H,7-8H2,1-2H3. The van der Waals surface area contributed by atoms with E-state index in [0.29, 0.717) is 17.1 Å². The van der Waals surface area contributed by atoms with Crippen molar-refractivity contribution in [2.45, 2.75) is 13.0 Å². The molecule has 0 aliphatic rings. The maximum absolute atomic E-state index is 11.8. The minimum Gasteiger partial charge on any atom is -0.392 e. The molecule has 1 rings (SSSR count). The van der Waals surface area contributed by atoms with Crippen LogP contribution in [0.2, 0.25) is 5.02 Å². The van der Waals surface area contributed by atoms with Gasteiger partial charge in [-0.25, -0.2) is 0 Å². The summed E-state index contributed by atoms with van der Waals surface area (Å²) < 4.78 is 0. The number of Topliss-reactive ketones (excluding diaryl/α,β-unsaturated/α-hetero) is 1. The lowest BCUT2D eigenvalue weighted by molar-refractivity contribution is 0.0901. The number of aliphatic hydroxyl groups is 1. The molecule has 0 fully saturated rings. The zero-order valence-electron chi connectivity index (χ0n) is 9.48. The van der Waals surface area contributed by atoms with Gasteiger partial charge < -0.3 is 5.11 Å². The van der Waals surface area contributed by atoms with Crippen molar-refractivity contribution in [3.05, 3.63) is 34.9 Å². The molecule has 1 N–H and O–H groups in total. The Kier molecular flexibility index (Phi) is 4.93. The van der Waals surface area contributed by atoms with E-state index in [1.54, 1.807) is 43.1 Å². The Morgan fingerprint density at radius 1 is 1.56 bits per heavy atom. The number of nitrogens with zero attached hydrogens (tertiary/aromatic N) is 1. The first-order valence-corrected chi connectivity index (χ1v) is 5.52. The van der Waals surface area contributed by atoms with Gasteiger partial charge in [0.25, 0.3) is 0 Å². The summed E-state index contributed by atoms with van der Waals surface area (Å²) in [5.41, 5.74) is 0.602. The number of rotatable bonds is 5. The van der Waals surface area contributed by atoms with E-state index in [1.165, 1.54) is 0 Å². The summed E-state index contributed by atoms with van der Waals surface area (Å²) in [7, 11) is 1.80. The highest BCUT2D eigenvalue weighted by atomic mass is 35.5. The molecule has 0 spiro atoms. The summed E-state index contributed by atoms with van der Waals surface area (Å²) in [4.78, 5) is 13.6. The van der Waals surface area contributed by atoms with Gasteiger partial charge in [-0.3, -0.25) is 9.69 Å². The first-order valence-electron chi connectivity index (χ1n) is 5.14. The molecular weight excluding hydrogens is 226 g/mol. The van der Waals surface area contributed by atoms with Gasteiger partial charge in [0.1, 0.15) is 0 Å². The number of benzene rings is 1. The van der Waals surface area contributed by atoms with Crippen molar-refractivity contribution in [3.8, 4) is 0 Å². The van der Waals surface area contributed by atoms with Crippen LogP contribution in [0.15, 0.2) is 24.3 Å². The highest BCUT2D eigenvalue weighted by molar-refractivity contribution is 6.31. The number of aliphatic hydroxyl groups excluding tert-OH is 1. The Labute approximate surface area is 101 Å². The van der Waals surface area contributed by atoms with E-state index < -0.39 is 6.10 Å². The van der Waals surface area contributed by atoms with Gasteiger partial charge in [-0.05, 0) is 26.1 Å². The van der Waals surface area contributed by atoms with Gasteiger partial charge in [0.15, 0.2) is 5.78 Å². The summed E-state index contributed by atoms with van der Waals surface area (Å²) in [6.45, 7) is 2.46. The van der Waals surface area contributed by atoms with Crippen molar-refractivity contribution in [1.82, 2.24) is 4.90 Å². The van der Waals surface area contributed by atoms with Crippen LogP contribution in [-0.2, 0) is 0 Å². The Morgan fingerprint density at radius 2 is 2.25 bits per heavy atom. The molecule has 88 valence electrons. The molecule has 0 aliphatic heterocycles. The number of halogens is 1. The van der Waals surface area contributed by atoms with Gasteiger partial charge in [-0.1, -0.05) is 23.7 Å². The number of hydrogen-bond donors (Lipinski definition) is 1. The van der Waals surface area contributed by atoms with Crippen molar-refractivity contribution in [2.75, 3.05) is 20.1 Å². The van der Waals surface area contributed by atoms with Crippen LogP contribution in [0.1, 0.15) is 17.3 Å². The monoisotopic (exact) mass is 241 g/mol. The van der Waals surface area contributed by atoms with E-state index in [9.17, 15) is 9.90 Å². The molecule has 1 aromatic rings. The number of ketones is 1. The molecule has 1 unspecified atom stereocenters. The Morgan fingerprint density at radius 3 is 2.81 bits per heavy atom. The first kappa shape index (κ1) is 13.2. The van der Waals surface area contributed by atoms with Crippen LogP contribution >= 0.6 is 11.6 Å². The third-order valence-corrected chi connectivity index (χ3v) is 2.37. The maximum atomic E-state index is 11.8. The van der Waals surface area contributed by atoms with Gasteiger partial charge in [0, 0.05) is 17.1 Å². The van der Waals surface area contributed by atoms with Crippen molar-refractivity contribution >= 4 is 17.4 Å². The molecule has 0 amide bonds. The number of carbonyl (C=O) groups is 1.